The van der Waals surface area contributed by atoms with Crippen LogP contribution in [0.5, 0.6) is 0 Å². The number of nitrogens with zero attached hydrogens (tertiary/aromatic N) is 4. The third-order valence-corrected chi connectivity index (χ3v) is 3.55. The van der Waals surface area contributed by atoms with E-state index < -0.39 is 5.97 Å². The Morgan fingerprint density at radius 3 is 3.00 bits per heavy atom. The first kappa shape index (κ1) is 15.9. The number of hydrogen-bond donors (Lipinski definition) is 1. The molecule has 1 aromatic rings. The van der Waals surface area contributed by atoms with Gasteiger partial charge in [-0.25, -0.2) is 9.48 Å². The third-order valence-electron chi connectivity index (χ3n) is 3.55. The molecule has 2 N–H and O–H groups in total. The Hall–Kier alpha value is -1.51. The van der Waals surface area contributed by atoms with E-state index in [9.17, 15) is 4.79 Å². The van der Waals surface area contributed by atoms with Crippen LogP contribution in [0.25, 0.3) is 0 Å². The number of hydrogen-bond acceptors (Lipinski definition) is 7. The van der Waals surface area contributed by atoms with Crippen molar-refractivity contribution in [3.63, 3.8) is 0 Å². The molecule has 1 aliphatic heterocycles. The van der Waals surface area contributed by atoms with Crippen LogP contribution in [0.1, 0.15) is 30.0 Å². The fourth-order valence-corrected chi connectivity index (χ4v) is 2.41. The summed E-state index contributed by atoms with van der Waals surface area (Å²) in [5.74, 6) is -0.482. The largest absolute Gasteiger partial charge is 0.461 e. The summed E-state index contributed by atoms with van der Waals surface area (Å²) in [7, 11) is 0. The van der Waals surface area contributed by atoms with Gasteiger partial charge in [0.1, 0.15) is 0 Å². The Kier molecular flexibility index (Phi) is 5.66. The van der Waals surface area contributed by atoms with E-state index in [1.807, 2.05) is 0 Å². The highest BCUT2D eigenvalue weighted by Gasteiger charge is 2.24. The van der Waals surface area contributed by atoms with Crippen molar-refractivity contribution in [2.24, 2.45) is 5.73 Å². The van der Waals surface area contributed by atoms with E-state index in [2.05, 4.69) is 22.1 Å². The van der Waals surface area contributed by atoms with Gasteiger partial charge in [0.15, 0.2) is 5.69 Å². The first-order valence-electron chi connectivity index (χ1n) is 7.33. The molecule has 0 aromatic carbocycles. The van der Waals surface area contributed by atoms with Crippen LogP contribution >= 0.6 is 0 Å². The molecular formula is C13H23N5O3. The Morgan fingerprint density at radius 1 is 1.52 bits per heavy atom. The van der Waals surface area contributed by atoms with E-state index in [-0.39, 0.29) is 18.3 Å². The maximum Gasteiger partial charge on any atom is 0.360 e. The average molecular weight is 297 g/mol. The van der Waals surface area contributed by atoms with Crippen molar-refractivity contribution in [1.82, 2.24) is 19.9 Å². The molecule has 1 fully saturated rings. The zero-order valence-electron chi connectivity index (χ0n) is 12.6. The molecule has 8 heteroatoms. The lowest BCUT2D eigenvalue weighted by atomic mass is 10.2. The molecule has 0 aliphatic carbocycles. The Balaban J connectivity index is 2.08. The van der Waals surface area contributed by atoms with Gasteiger partial charge in [0, 0.05) is 19.6 Å². The number of carbonyl (C=O) groups excluding carboxylic acids is 1. The predicted molar refractivity (Wildman–Crippen MR) is 75.7 cm³/mol. The maximum absolute atomic E-state index is 11.8. The van der Waals surface area contributed by atoms with Crippen LogP contribution in [0.4, 0.5) is 0 Å². The number of carbonyl (C=O) groups is 1. The summed E-state index contributed by atoms with van der Waals surface area (Å²) in [6.07, 6.45) is 0.0285. The number of rotatable bonds is 6. The van der Waals surface area contributed by atoms with E-state index in [0.717, 1.165) is 19.6 Å². The molecule has 0 amide bonds. The number of morpholine rings is 1. The van der Waals surface area contributed by atoms with E-state index >= 15 is 0 Å². The van der Waals surface area contributed by atoms with Crippen LogP contribution in [0.2, 0.25) is 0 Å². The fourth-order valence-electron chi connectivity index (χ4n) is 2.41. The highest BCUT2D eigenvalue weighted by molar-refractivity contribution is 5.88. The summed E-state index contributed by atoms with van der Waals surface area (Å²) < 4.78 is 12.4. The zero-order valence-corrected chi connectivity index (χ0v) is 12.6. The molecule has 1 aliphatic rings. The minimum absolute atomic E-state index is 0.0285. The predicted octanol–water partition coefficient (Wildman–Crippen LogP) is -0.366. The van der Waals surface area contributed by atoms with Gasteiger partial charge in [-0.3, -0.25) is 4.90 Å². The van der Waals surface area contributed by atoms with Crippen molar-refractivity contribution in [3.8, 4) is 0 Å². The minimum Gasteiger partial charge on any atom is -0.461 e. The van der Waals surface area contributed by atoms with Gasteiger partial charge in [0.2, 0.25) is 0 Å². The summed E-state index contributed by atoms with van der Waals surface area (Å²) in [6, 6.07) is 0. The number of esters is 1. The molecule has 1 unspecified atom stereocenters. The van der Waals surface area contributed by atoms with E-state index in [1.165, 1.54) is 0 Å². The van der Waals surface area contributed by atoms with Gasteiger partial charge in [-0.15, -0.1) is 5.10 Å². The van der Waals surface area contributed by atoms with E-state index in [0.29, 0.717) is 25.5 Å². The number of nitrogens with two attached hydrogens (primary N) is 1. The quantitative estimate of drug-likeness (QED) is 0.716. The van der Waals surface area contributed by atoms with Gasteiger partial charge in [0.25, 0.3) is 0 Å². The molecule has 0 saturated carbocycles. The van der Waals surface area contributed by atoms with Crippen LogP contribution in [0, 0.1) is 0 Å². The fraction of sp³-hybridized carbons (Fsp3) is 0.769. The van der Waals surface area contributed by atoms with Gasteiger partial charge >= 0.3 is 5.97 Å². The Morgan fingerprint density at radius 2 is 2.33 bits per heavy atom. The van der Waals surface area contributed by atoms with Crippen molar-refractivity contribution >= 4 is 5.97 Å². The lowest BCUT2D eigenvalue weighted by Crippen LogP contribution is -2.44. The summed E-state index contributed by atoms with van der Waals surface area (Å²) in [4.78, 5) is 14.1. The minimum atomic E-state index is -0.482. The standard InChI is InChI=1S/C13H23N5O3/c1-3-17-5-6-21-10(8-17)9-18-11(7-14)12(15-16-18)13(19)20-4-2/h10H,3-9,14H2,1-2H3. The van der Waals surface area contributed by atoms with Crippen LogP contribution in [0.3, 0.4) is 0 Å². The second-order valence-electron chi connectivity index (χ2n) is 4.88. The topological polar surface area (TPSA) is 95.5 Å². The van der Waals surface area contributed by atoms with Crippen LogP contribution in [0.15, 0.2) is 0 Å². The van der Waals surface area contributed by atoms with E-state index in [1.54, 1.807) is 11.6 Å². The third kappa shape index (κ3) is 3.78. The lowest BCUT2D eigenvalue weighted by Gasteiger charge is -2.32. The molecule has 2 heterocycles. The first-order chi connectivity index (χ1) is 10.2. The molecule has 118 valence electrons. The maximum atomic E-state index is 11.8. The van der Waals surface area contributed by atoms with Crippen LogP contribution < -0.4 is 5.73 Å². The molecule has 0 radical (unpaired) electrons. The molecule has 1 atom stereocenters. The van der Waals surface area contributed by atoms with Crippen molar-refractivity contribution in [3.05, 3.63) is 11.4 Å². The highest BCUT2D eigenvalue weighted by Crippen LogP contribution is 2.11. The molecular weight excluding hydrogens is 274 g/mol. The lowest BCUT2D eigenvalue weighted by molar-refractivity contribution is -0.0363. The molecule has 1 saturated heterocycles. The average Bonchev–Trinajstić information content (AvgIpc) is 2.90. The van der Waals surface area contributed by atoms with Gasteiger partial charge in [-0.1, -0.05) is 12.1 Å². The molecule has 2 rings (SSSR count). The second-order valence-corrected chi connectivity index (χ2v) is 4.88. The van der Waals surface area contributed by atoms with Gasteiger partial charge in [-0.2, -0.15) is 0 Å². The van der Waals surface area contributed by atoms with Crippen molar-refractivity contribution in [2.75, 3.05) is 32.8 Å². The monoisotopic (exact) mass is 297 g/mol. The molecule has 0 spiro atoms. The van der Waals surface area contributed by atoms with Crippen molar-refractivity contribution in [1.29, 1.82) is 0 Å². The van der Waals surface area contributed by atoms with Gasteiger partial charge < -0.3 is 15.2 Å². The van der Waals surface area contributed by atoms with E-state index in [4.69, 9.17) is 15.2 Å². The normalized spacial score (nSPS) is 19.7. The van der Waals surface area contributed by atoms with Crippen molar-refractivity contribution in [2.45, 2.75) is 33.0 Å². The summed E-state index contributed by atoms with van der Waals surface area (Å²) in [6.45, 7) is 8.39. The van der Waals surface area contributed by atoms with Crippen LogP contribution in [-0.4, -0.2) is 64.8 Å². The smallest absolute Gasteiger partial charge is 0.360 e. The number of ether oxygens (including phenoxy) is 2. The zero-order chi connectivity index (χ0) is 15.2. The van der Waals surface area contributed by atoms with Gasteiger partial charge in [0.05, 0.1) is 31.6 Å². The van der Waals surface area contributed by atoms with Gasteiger partial charge in [-0.05, 0) is 13.5 Å². The molecule has 1 aromatic heterocycles. The molecule has 0 bridgehead atoms. The highest BCUT2D eigenvalue weighted by atomic mass is 16.5. The molecule has 8 nitrogen and oxygen atoms in total. The second kappa shape index (κ2) is 7.48. The SMILES string of the molecule is CCOC(=O)c1nnn(CC2CN(CC)CCO2)c1CN. The Bertz CT molecular complexity index is 476. The van der Waals surface area contributed by atoms with Crippen LogP contribution in [-0.2, 0) is 22.6 Å². The first-order valence-corrected chi connectivity index (χ1v) is 7.33. The van der Waals surface area contributed by atoms with Crippen molar-refractivity contribution < 1.29 is 14.3 Å². The summed E-state index contributed by atoms with van der Waals surface area (Å²) in [5, 5.41) is 7.92. The Labute approximate surface area is 124 Å². The molecule has 21 heavy (non-hydrogen) atoms. The number of aromatic nitrogens is 3. The number of likely N-dealkylation sites (N-methyl/N-ethyl adjacent to an activating group) is 1. The summed E-state index contributed by atoms with van der Waals surface area (Å²) in [5.41, 5.74) is 6.51. The summed E-state index contributed by atoms with van der Waals surface area (Å²) >= 11 is 0.